The molecule has 0 bridgehead atoms. The van der Waals surface area contributed by atoms with Crippen molar-refractivity contribution >= 4 is 11.8 Å². The number of likely N-dealkylation sites (N-methyl/N-ethyl adjacent to an activating group) is 1. The van der Waals surface area contributed by atoms with Crippen LogP contribution in [0.4, 0.5) is 0 Å². The lowest BCUT2D eigenvalue weighted by Gasteiger charge is -2.50. The fourth-order valence-electron chi connectivity index (χ4n) is 4.71. The molecule has 1 aromatic rings. The van der Waals surface area contributed by atoms with Gasteiger partial charge in [0.05, 0.1) is 0 Å². The zero-order valence-electron chi connectivity index (χ0n) is 15.3. The largest absolute Gasteiger partial charge is 0.356 e. The van der Waals surface area contributed by atoms with E-state index in [9.17, 15) is 9.59 Å². The zero-order valence-corrected chi connectivity index (χ0v) is 15.3. The average molecular weight is 360 g/mol. The van der Waals surface area contributed by atoms with Crippen LogP contribution in [0.1, 0.15) is 32.1 Å². The van der Waals surface area contributed by atoms with Gasteiger partial charge in [-0.2, -0.15) is 5.10 Å². The second kappa shape index (κ2) is 7.36. The fourth-order valence-corrected chi connectivity index (χ4v) is 4.71. The summed E-state index contributed by atoms with van der Waals surface area (Å²) in [6.07, 6.45) is 8.03. The number of aryl methyl sites for hydroxylation is 1. The van der Waals surface area contributed by atoms with Gasteiger partial charge in [-0.15, -0.1) is 0 Å². The third kappa shape index (κ3) is 3.23. The lowest BCUT2D eigenvalue weighted by Crippen LogP contribution is -2.67. The Morgan fingerprint density at radius 2 is 2.23 bits per heavy atom. The Kier molecular flexibility index (Phi) is 4.95. The average Bonchev–Trinajstić information content (AvgIpc) is 3.34. The molecule has 26 heavy (non-hydrogen) atoms. The molecule has 0 radical (unpaired) electrons. The first-order valence-electron chi connectivity index (χ1n) is 9.69. The predicted molar refractivity (Wildman–Crippen MR) is 95.8 cm³/mol. The van der Waals surface area contributed by atoms with Gasteiger partial charge in [0.2, 0.25) is 11.8 Å². The molecule has 2 amide bonds. The van der Waals surface area contributed by atoms with Crippen molar-refractivity contribution in [1.29, 1.82) is 0 Å². The summed E-state index contributed by atoms with van der Waals surface area (Å²) in [4.78, 5) is 27.1. The van der Waals surface area contributed by atoms with Gasteiger partial charge in [0.1, 0.15) is 6.04 Å². The Balaban J connectivity index is 1.29. The van der Waals surface area contributed by atoms with E-state index in [1.165, 1.54) is 0 Å². The van der Waals surface area contributed by atoms with Gasteiger partial charge in [-0.05, 0) is 38.2 Å². The van der Waals surface area contributed by atoms with E-state index in [0.29, 0.717) is 12.6 Å². The number of hydrogen-bond donors (Lipinski definition) is 2. The molecule has 4 rings (SSSR count). The molecule has 3 aliphatic rings. The first kappa shape index (κ1) is 17.5. The summed E-state index contributed by atoms with van der Waals surface area (Å²) in [5.74, 6) is 0.313. The fraction of sp³-hybridized carbons (Fsp3) is 0.722. The number of hydrogen-bond acceptors (Lipinski definition) is 5. The minimum absolute atomic E-state index is 0.00430. The van der Waals surface area contributed by atoms with Crippen LogP contribution in [0.3, 0.4) is 0 Å². The molecule has 4 unspecified atom stereocenters. The second-order valence-electron chi connectivity index (χ2n) is 7.63. The van der Waals surface area contributed by atoms with E-state index in [1.54, 1.807) is 6.20 Å². The molecule has 0 aromatic carbocycles. The normalized spacial score (nSPS) is 31.6. The molecule has 1 saturated carbocycles. The van der Waals surface area contributed by atoms with Gasteiger partial charge in [-0.1, -0.05) is 0 Å². The van der Waals surface area contributed by atoms with Gasteiger partial charge in [-0.3, -0.25) is 19.7 Å². The van der Waals surface area contributed by atoms with Crippen molar-refractivity contribution in [1.82, 2.24) is 30.4 Å². The van der Waals surface area contributed by atoms with Gasteiger partial charge in [0.25, 0.3) is 0 Å². The Labute approximate surface area is 153 Å². The number of piperazine rings is 1. The van der Waals surface area contributed by atoms with Gasteiger partial charge in [-0.25, -0.2) is 5.01 Å². The molecule has 8 heteroatoms. The standard InChI is InChI=1S/C18H28N6O2/c1-22-16-12-13(17(25)19-7-2-10-23-11-3-8-20-23)4-5-14(16)24-15(18(22)26)6-9-21-24/h3,8,11,13-16,21H,2,4-7,9-10,12H2,1H3,(H,19,25). The highest BCUT2D eigenvalue weighted by atomic mass is 16.2. The van der Waals surface area contributed by atoms with E-state index in [0.717, 1.165) is 45.2 Å². The predicted octanol–water partition coefficient (Wildman–Crippen LogP) is -0.0224. The lowest BCUT2D eigenvalue weighted by atomic mass is 9.79. The number of hydrazine groups is 1. The maximum absolute atomic E-state index is 12.6. The Hall–Kier alpha value is -1.93. The summed E-state index contributed by atoms with van der Waals surface area (Å²) < 4.78 is 1.87. The summed E-state index contributed by atoms with van der Waals surface area (Å²) in [6.45, 7) is 2.34. The van der Waals surface area contributed by atoms with Crippen LogP contribution in [-0.4, -0.2) is 69.8 Å². The summed E-state index contributed by atoms with van der Waals surface area (Å²) >= 11 is 0. The Morgan fingerprint density at radius 1 is 1.35 bits per heavy atom. The van der Waals surface area contributed by atoms with E-state index in [4.69, 9.17) is 0 Å². The van der Waals surface area contributed by atoms with Crippen molar-refractivity contribution in [2.24, 2.45) is 5.92 Å². The number of carbonyl (C=O) groups is 2. The third-order valence-corrected chi connectivity index (χ3v) is 6.11. The highest BCUT2D eigenvalue weighted by Gasteiger charge is 2.50. The summed E-state index contributed by atoms with van der Waals surface area (Å²) in [5, 5.41) is 9.41. The van der Waals surface area contributed by atoms with E-state index in [1.807, 2.05) is 28.9 Å². The number of aromatic nitrogens is 2. The first-order chi connectivity index (χ1) is 12.6. The second-order valence-corrected chi connectivity index (χ2v) is 7.63. The van der Waals surface area contributed by atoms with Crippen molar-refractivity contribution in [2.45, 2.75) is 56.8 Å². The first-order valence-corrected chi connectivity index (χ1v) is 9.69. The molecular weight excluding hydrogens is 332 g/mol. The van der Waals surface area contributed by atoms with Crippen molar-refractivity contribution in [2.75, 3.05) is 20.1 Å². The molecule has 3 fully saturated rings. The van der Waals surface area contributed by atoms with Crippen LogP contribution in [0, 0.1) is 5.92 Å². The van der Waals surface area contributed by atoms with E-state index in [2.05, 4.69) is 20.9 Å². The van der Waals surface area contributed by atoms with Crippen LogP contribution in [0.2, 0.25) is 0 Å². The SMILES string of the molecule is CN1C(=O)C2CCNN2C2CCC(C(=O)NCCCn3cccn3)CC21. The van der Waals surface area contributed by atoms with E-state index < -0.39 is 0 Å². The molecule has 8 nitrogen and oxygen atoms in total. The molecule has 2 N–H and O–H groups in total. The molecule has 1 aromatic heterocycles. The zero-order chi connectivity index (χ0) is 18.1. The van der Waals surface area contributed by atoms with Crippen LogP contribution in [-0.2, 0) is 16.1 Å². The minimum atomic E-state index is -0.0195. The van der Waals surface area contributed by atoms with Gasteiger partial charge in [0.15, 0.2) is 0 Å². The summed E-state index contributed by atoms with van der Waals surface area (Å²) in [6, 6.07) is 2.33. The molecule has 2 aliphatic heterocycles. The lowest BCUT2D eigenvalue weighted by molar-refractivity contribution is -0.153. The summed E-state index contributed by atoms with van der Waals surface area (Å²) in [7, 11) is 1.90. The number of fused-ring (bicyclic) bond motifs is 3. The van der Waals surface area contributed by atoms with Gasteiger partial charge < -0.3 is 10.2 Å². The van der Waals surface area contributed by atoms with Crippen molar-refractivity contribution in [3.8, 4) is 0 Å². The smallest absolute Gasteiger partial charge is 0.241 e. The Morgan fingerprint density at radius 3 is 3.04 bits per heavy atom. The molecule has 142 valence electrons. The minimum Gasteiger partial charge on any atom is -0.356 e. The van der Waals surface area contributed by atoms with Gasteiger partial charge >= 0.3 is 0 Å². The third-order valence-electron chi connectivity index (χ3n) is 6.11. The van der Waals surface area contributed by atoms with Crippen LogP contribution < -0.4 is 10.7 Å². The quantitative estimate of drug-likeness (QED) is 0.721. The monoisotopic (exact) mass is 360 g/mol. The van der Waals surface area contributed by atoms with Crippen molar-refractivity contribution < 1.29 is 9.59 Å². The maximum Gasteiger partial charge on any atom is 0.241 e. The maximum atomic E-state index is 12.6. The molecule has 0 spiro atoms. The number of amides is 2. The molecular formula is C18H28N6O2. The van der Waals surface area contributed by atoms with Crippen LogP contribution in [0.15, 0.2) is 18.5 Å². The Bertz CT molecular complexity index is 648. The molecule has 4 atom stereocenters. The van der Waals surface area contributed by atoms with E-state index in [-0.39, 0.29) is 29.8 Å². The number of carbonyl (C=O) groups excluding carboxylic acids is 2. The number of rotatable bonds is 5. The van der Waals surface area contributed by atoms with E-state index >= 15 is 0 Å². The van der Waals surface area contributed by atoms with Crippen LogP contribution in [0.5, 0.6) is 0 Å². The van der Waals surface area contributed by atoms with Crippen molar-refractivity contribution in [3.63, 3.8) is 0 Å². The van der Waals surface area contributed by atoms with Crippen LogP contribution in [0.25, 0.3) is 0 Å². The topological polar surface area (TPSA) is 82.5 Å². The highest BCUT2D eigenvalue weighted by Crippen LogP contribution is 2.36. The van der Waals surface area contributed by atoms with Crippen molar-refractivity contribution in [3.05, 3.63) is 18.5 Å². The summed E-state index contributed by atoms with van der Waals surface area (Å²) in [5.41, 5.74) is 3.39. The van der Waals surface area contributed by atoms with Crippen LogP contribution >= 0.6 is 0 Å². The number of nitrogens with one attached hydrogen (secondary N) is 2. The van der Waals surface area contributed by atoms with Gasteiger partial charge in [0, 0.05) is 57.1 Å². The molecule has 3 heterocycles. The highest BCUT2D eigenvalue weighted by molar-refractivity contribution is 5.84. The number of nitrogens with zero attached hydrogens (tertiary/aromatic N) is 4. The molecule has 1 aliphatic carbocycles. The molecule has 2 saturated heterocycles.